The van der Waals surface area contributed by atoms with Crippen LogP contribution in [0.4, 0.5) is 21.5 Å². The second-order valence-electron chi connectivity index (χ2n) is 8.72. The van der Waals surface area contributed by atoms with Gasteiger partial charge in [0.15, 0.2) is 0 Å². The number of nitrogens with zero attached hydrogens (tertiary/aromatic N) is 3. The van der Waals surface area contributed by atoms with Gasteiger partial charge in [-0.1, -0.05) is 11.6 Å². The lowest BCUT2D eigenvalue weighted by Gasteiger charge is -2.36. The summed E-state index contributed by atoms with van der Waals surface area (Å²) in [5, 5.41) is 13.7. The first kappa shape index (κ1) is 20.3. The maximum absolute atomic E-state index is 14.3. The molecule has 4 aliphatic rings. The molecule has 3 amide bonds. The number of hydrogen-bond acceptors (Lipinski definition) is 6. The van der Waals surface area contributed by atoms with Gasteiger partial charge in [-0.05, 0) is 43.7 Å². The zero-order chi connectivity index (χ0) is 23.2. The van der Waals surface area contributed by atoms with Gasteiger partial charge in [0.25, 0.3) is 5.69 Å². The third-order valence-electron chi connectivity index (χ3n) is 7.34. The van der Waals surface area contributed by atoms with Crippen LogP contribution in [-0.2, 0) is 19.9 Å². The van der Waals surface area contributed by atoms with E-state index in [-0.39, 0.29) is 22.4 Å². The average Bonchev–Trinajstić information content (AvgIpc) is 3.47. The highest BCUT2D eigenvalue weighted by atomic mass is 35.5. The molecule has 4 aliphatic heterocycles. The number of amides is 3. The molecular formula is C22H16ClFN4O5. The quantitative estimate of drug-likeness (QED) is 0.410. The lowest BCUT2D eigenvalue weighted by Crippen LogP contribution is -2.54. The number of non-ortho nitro benzene ring substituents is 1. The minimum atomic E-state index is -1.50. The van der Waals surface area contributed by atoms with E-state index in [0.29, 0.717) is 24.2 Å². The molecule has 0 radical (unpaired) electrons. The molecule has 4 heterocycles. The molecular weight excluding hydrogens is 455 g/mol. The van der Waals surface area contributed by atoms with Crippen molar-refractivity contribution in [1.29, 1.82) is 0 Å². The Balaban J connectivity index is 1.53. The first-order chi connectivity index (χ1) is 15.8. The van der Waals surface area contributed by atoms with Gasteiger partial charge in [0.1, 0.15) is 11.4 Å². The van der Waals surface area contributed by atoms with E-state index in [1.165, 1.54) is 30.3 Å². The molecule has 3 saturated heterocycles. The van der Waals surface area contributed by atoms with Gasteiger partial charge < -0.3 is 5.32 Å². The van der Waals surface area contributed by atoms with Crippen molar-refractivity contribution in [1.82, 2.24) is 4.90 Å². The van der Waals surface area contributed by atoms with E-state index >= 15 is 0 Å². The average molecular weight is 471 g/mol. The second kappa shape index (κ2) is 6.58. The predicted molar refractivity (Wildman–Crippen MR) is 114 cm³/mol. The molecule has 2 aromatic carbocycles. The van der Waals surface area contributed by atoms with Crippen molar-refractivity contribution in [3.63, 3.8) is 0 Å². The van der Waals surface area contributed by atoms with Gasteiger partial charge in [-0.3, -0.25) is 29.4 Å². The fourth-order valence-electron chi connectivity index (χ4n) is 6.20. The Bertz CT molecular complexity index is 1300. The number of imide groups is 1. The molecule has 0 saturated carbocycles. The molecule has 0 unspecified atom stereocenters. The minimum absolute atomic E-state index is 0.0317. The fourth-order valence-corrected chi connectivity index (χ4v) is 6.46. The molecule has 3 fully saturated rings. The molecule has 33 heavy (non-hydrogen) atoms. The van der Waals surface area contributed by atoms with E-state index in [0.717, 1.165) is 17.4 Å². The van der Waals surface area contributed by atoms with Crippen molar-refractivity contribution in [3.8, 4) is 0 Å². The van der Waals surface area contributed by atoms with E-state index < -0.39 is 45.8 Å². The van der Waals surface area contributed by atoms with E-state index in [2.05, 4.69) is 5.32 Å². The normalized spacial score (nSPS) is 30.1. The maximum atomic E-state index is 14.3. The minimum Gasteiger partial charge on any atom is -0.324 e. The summed E-state index contributed by atoms with van der Waals surface area (Å²) in [6.07, 6.45) is 1.34. The Morgan fingerprint density at radius 1 is 1.15 bits per heavy atom. The Morgan fingerprint density at radius 3 is 2.67 bits per heavy atom. The molecule has 0 bridgehead atoms. The number of fused-ring (bicyclic) bond motifs is 7. The van der Waals surface area contributed by atoms with Gasteiger partial charge in [0, 0.05) is 29.4 Å². The number of nitro groups is 1. The van der Waals surface area contributed by atoms with Crippen LogP contribution in [0.25, 0.3) is 0 Å². The zero-order valence-electron chi connectivity index (χ0n) is 17.0. The standard InChI is InChI=1S/C22H16ClFN4O5/c23-13-9-11(28(32)33)4-6-15(13)27-19(29)17-16-2-1-7-26(16)22(18(17)20(27)30)12-8-10(24)3-5-14(12)25-21(22)31/h3-6,8-9,16-18H,1-2,7H2,(H,25,31)/t16-,17+,18+,22-/m0/s1. The van der Waals surface area contributed by atoms with Crippen LogP contribution in [0.15, 0.2) is 36.4 Å². The summed E-state index contributed by atoms with van der Waals surface area (Å²) in [4.78, 5) is 54.2. The number of nitrogens with one attached hydrogen (secondary N) is 1. The van der Waals surface area contributed by atoms with Crippen LogP contribution >= 0.6 is 11.6 Å². The van der Waals surface area contributed by atoms with E-state index in [4.69, 9.17) is 11.6 Å². The molecule has 1 spiro atoms. The third-order valence-corrected chi connectivity index (χ3v) is 7.64. The highest BCUT2D eigenvalue weighted by Crippen LogP contribution is 2.61. The maximum Gasteiger partial charge on any atom is 0.271 e. The largest absolute Gasteiger partial charge is 0.324 e. The molecule has 168 valence electrons. The number of carbonyl (C=O) groups is 3. The van der Waals surface area contributed by atoms with Gasteiger partial charge in [-0.15, -0.1) is 0 Å². The summed E-state index contributed by atoms with van der Waals surface area (Å²) in [6.45, 7) is 0.500. The predicted octanol–water partition coefficient (Wildman–Crippen LogP) is 2.82. The van der Waals surface area contributed by atoms with Crippen LogP contribution in [0.2, 0.25) is 5.02 Å². The van der Waals surface area contributed by atoms with Crippen molar-refractivity contribution in [2.75, 3.05) is 16.8 Å². The number of hydrogen-bond donors (Lipinski definition) is 1. The second-order valence-corrected chi connectivity index (χ2v) is 9.13. The molecule has 0 aromatic heterocycles. The number of benzene rings is 2. The van der Waals surface area contributed by atoms with Crippen molar-refractivity contribution in [2.45, 2.75) is 24.4 Å². The zero-order valence-corrected chi connectivity index (χ0v) is 17.7. The summed E-state index contributed by atoms with van der Waals surface area (Å²) in [7, 11) is 0. The van der Waals surface area contributed by atoms with Crippen LogP contribution < -0.4 is 10.2 Å². The topological polar surface area (TPSA) is 113 Å². The number of carbonyl (C=O) groups excluding carboxylic acids is 3. The highest BCUT2D eigenvalue weighted by molar-refractivity contribution is 6.36. The van der Waals surface area contributed by atoms with Crippen molar-refractivity contribution in [3.05, 3.63) is 62.9 Å². The molecule has 11 heteroatoms. The molecule has 6 rings (SSSR count). The van der Waals surface area contributed by atoms with Crippen LogP contribution in [0.3, 0.4) is 0 Å². The Labute approximate surface area is 191 Å². The van der Waals surface area contributed by atoms with Crippen LogP contribution in [0.1, 0.15) is 18.4 Å². The third kappa shape index (κ3) is 2.37. The summed E-state index contributed by atoms with van der Waals surface area (Å²) in [5.74, 6) is -4.01. The first-order valence-corrected chi connectivity index (χ1v) is 10.8. The molecule has 9 nitrogen and oxygen atoms in total. The number of anilines is 2. The molecule has 4 atom stereocenters. The SMILES string of the molecule is O=C1[C@@H]2[C@@H]3CCCN3[C@]3(C(=O)Nc4ccc(F)cc43)[C@H]2C(=O)N1c1ccc([N+](=O)[O-])cc1Cl. The molecule has 0 aliphatic carbocycles. The van der Waals surface area contributed by atoms with Gasteiger partial charge in [0.05, 0.1) is 27.5 Å². The van der Waals surface area contributed by atoms with Gasteiger partial charge in [0.2, 0.25) is 17.7 Å². The number of halogens is 2. The van der Waals surface area contributed by atoms with Gasteiger partial charge in [-0.2, -0.15) is 0 Å². The summed E-state index contributed by atoms with van der Waals surface area (Å²) < 4.78 is 14.3. The van der Waals surface area contributed by atoms with Crippen molar-refractivity contribution in [2.24, 2.45) is 11.8 Å². The number of nitro benzene ring substituents is 1. The Hall–Kier alpha value is -3.37. The Morgan fingerprint density at radius 2 is 1.94 bits per heavy atom. The van der Waals surface area contributed by atoms with Crippen LogP contribution in [0, 0.1) is 27.8 Å². The summed E-state index contributed by atoms with van der Waals surface area (Å²) in [5.41, 5.74) is -0.979. The van der Waals surface area contributed by atoms with Gasteiger partial charge >= 0.3 is 0 Å². The fraction of sp³-hybridized carbons (Fsp3) is 0.318. The highest BCUT2D eigenvalue weighted by Gasteiger charge is 2.74. The van der Waals surface area contributed by atoms with Crippen molar-refractivity contribution >= 4 is 46.4 Å². The first-order valence-electron chi connectivity index (χ1n) is 10.5. The molecule has 1 N–H and O–H groups in total. The van der Waals surface area contributed by atoms with Crippen LogP contribution in [-0.4, -0.2) is 40.1 Å². The molecule has 2 aromatic rings. The summed E-state index contributed by atoms with van der Waals surface area (Å²) >= 11 is 6.24. The smallest absolute Gasteiger partial charge is 0.271 e. The van der Waals surface area contributed by atoms with E-state index in [1.54, 1.807) is 0 Å². The lowest BCUT2D eigenvalue weighted by molar-refractivity contribution is -0.384. The van der Waals surface area contributed by atoms with E-state index in [9.17, 15) is 28.9 Å². The Kier molecular flexibility index (Phi) is 4.04. The van der Waals surface area contributed by atoms with Crippen molar-refractivity contribution < 1.29 is 23.7 Å². The van der Waals surface area contributed by atoms with E-state index in [1.807, 2.05) is 4.90 Å². The number of rotatable bonds is 2. The summed E-state index contributed by atoms with van der Waals surface area (Å²) in [6, 6.07) is 7.09. The van der Waals surface area contributed by atoms with Gasteiger partial charge in [-0.25, -0.2) is 9.29 Å². The lowest BCUT2D eigenvalue weighted by atomic mass is 9.75. The monoisotopic (exact) mass is 470 g/mol. The van der Waals surface area contributed by atoms with Crippen LogP contribution in [0.5, 0.6) is 0 Å².